The number of rotatable bonds is 4. The van der Waals surface area contributed by atoms with Crippen LogP contribution in [0.3, 0.4) is 0 Å². The number of aliphatic imine (C=N–C) groups is 1. The van der Waals surface area contributed by atoms with E-state index < -0.39 is 0 Å². The van der Waals surface area contributed by atoms with Crippen molar-refractivity contribution in [2.75, 3.05) is 7.11 Å². The maximum atomic E-state index is 10.5. The summed E-state index contributed by atoms with van der Waals surface area (Å²) in [5.74, 6) is 1.23. The standard InChI is InChI=1S/C14H17NO2/c1-10(2)13-11(5-4-6-12(13)17-3)14(7-8-14)15-9-16/h4-6,10H,7-8H2,1-3H3. The summed E-state index contributed by atoms with van der Waals surface area (Å²) in [4.78, 5) is 14.5. The highest BCUT2D eigenvalue weighted by molar-refractivity contribution is 5.50. The van der Waals surface area contributed by atoms with Gasteiger partial charge in [0, 0.05) is 5.56 Å². The molecule has 0 unspecified atom stereocenters. The largest absolute Gasteiger partial charge is 0.496 e. The lowest BCUT2D eigenvalue weighted by Gasteiger charge is -2.20. The molecule has 0 radical (unpaired) electrons. The fourth-order valence-corrected chi connectivity index (χ4v) is 2.37. The molecule has 3 heteroatoms. The molecule has 3 nitrogen and oxygen atoms in total. The molecule has 1 fully saturated rings. The van der Waals surface area contributed by atoms with E-state index in [0.717, 1.165) is 29.7 Å². The summed E-state index contributed by atoms with van der Waals surface area (Å²) < 4.78 is 5.41. The van der Waals surface area contributed by atoms with Gasteiger partial charge in [0.05, 0.1) is 12.6 Å². The Morgan fingerprint density at radius 1 is 1.41 bits per heavy atom. The fourth-order valence-electron chi connectivity index (χ4n) is 2.37. The second-order valence-corrected chi connectivity index (χ2v) is 4.81. The predicted molar refractivity (Wildman–Crippen MR) is 66.1 cm³/mol. The maximum Gasteiger partial charge on any atom is 0.235 e. The molecule has 1 aliphatic carbocycles. The molecule has 1 aromatic carbocycles. The van der Waals surface area contributed by atoms with Crippen molar-refractivity contribution in [2.24, 2.45) is 4.99 Å². The van der Waals surface area contributed by atoms with Crippen molar-refractivity contribution in [1.29, 1.82) is 0 Å². The van der Waals surface area contributed by atoms with Gasteiger partial charge in [-0.15, -0.1) is 0 Å². The Balaban J connectivity index is 2.58. The lowest BCUT2D eigenvalue weighted by molar-refractivity contribution is 0.405. The van der Waals surface area contributed by atoms with Crippen LogP contribution in [0.25, 0.3) is 0 Å². The van der Waals surface area contributed by atoms with Gasteiger partial charge in [0.2, 0.25) is 6.08 Å². The third-order valence-electron chi connectivity index (χ3n) is 3.35. The van der Waals surface area contributed by atoms with Crippen LogP contribution >= 0.6 is 0 Å². The molecule has 1 aromatic rings. The average molecular weight is 231 g/mol. The second kappa shape index (κ2) is 4.34. The van der Waals surface area contributed by atoms with Crippen LogP contribution in [0.2, 0.25) is 0 Å². The Kier molecular flexibility index (Phi) is 3.03. The highest BCUT2D eigenvalue weighted by Gasteiger charge is 2.46. The molecule has 0 heterocycles. The highest BCUT2D eigenvalue weighted by atomic mass is 16.5. The van der Waals surface area contributed by atoms with Crippen LogP contribution in [0.4, 0.5) is 0 Å². The molecule has 0 aromatic heterocycles. The zero-order chi connectivity index (χ0) is 12.5. The second-order valence-electron chi connectivity index (χ2n) is 4.81. The Morgan fingerprint density at radius 2 is 2.12 bits per heavy atom. The molecule has 17 heavy (non-hydrogen) atoms. The number of ether oxygens (including phenoxy) is 1. The van der Waals surface area contributed by atoms with Crippen molar-refractivity contribution in [3.05, 3.63) is 29.3 Å². The number of methoxy groups -OCH3 is 1. The molecule has 1 saturated carbocycles. The third kappa shape index (κ3) is 1.98. The highest BCUT2D eigenvalue weighted by Crippen LogP contribution is 2.52. The van der Waals surface area contributed by atoms with Gasteiger partial charge in [0.25, 0.3) is 0 Å². The molecule has 0 bridgehead atoms. The lowest BCUT2D eigenvalue weighted by Crippen LogP contribution is -2.09. The van der Waals surface area contributed by atoms with E-state index in [4.69, 9.17) is 4.74 Å². The molecule has 1 aliphatic rings. The van der Waals surface area contributed by atoms with Gasteiger partial charge >= 0.3 is 0 Å². The SMILES string of the molecule is COc1cccc(C2(N=C=O)CC2)c1C(C)C. The van der Waals surface area contributed by atoms with Gasteiger partial charge in [-0.3, -0.25) is 0 Å². The summed E-state index contributed by atoms with van der Waals surface area (Å²) in [6, 6.07) is 5.96. The van der Waals surface area contributed by atoms with Crippen LogP contribution in [0.1, 0.15) is 43.7 Å². The van der Waals surface area contributed by atoms with Gasteiger partial charge in [-0.1, -0.05) is 26.0 Å². The summed E-state index contributed by atoms with van der Waals surface area (Å²) in [5.41, 5.74) is 1.96. The minimum atomic E-state index is -0.324. The first-order chi connectivity index (χ1) is 8.14. The smallest absolute Gasteiger partial charge is 0.235 e. The van der Waals surface area contributed by atoms with Crippen LogP contribution in [0.5, 0.6) is 5.75 Å². The summed E-state index contributed by atoms with van der Waals surface area (Å²) in [7, 11) is 1.67. The number of carbonyl (C=O) groups excluding carboxylic acids is 1. The molecule has 0 atom stereocenters. The van der Waals surface area contributed by atoms with Crippen molar-refractivity contribution in [3.8, 4) is 5.75 Å². The first-order valence-electron chi connectivity index (χ1n) is 5.91. The zero-order valence-corrected chi connectivity index (χ0v) is 10.5. The van der Waals surface area contributed by atoms with Gasteiger partial charge in [-0.25, -0.2) is 4.79 Å². The first kappa shape index (κ1) is 11.9. The monoisotopic (exact) mass is 231 g/mol. The van der Waals surface area contributed by atoms with E-state index in [1.54, 1.807) is 13.2 Å². The maximum absolute atomic E-state index is 10.5. The minimum Gasteiger partial charge on any atom is -0.496 e. The van der Waals surface area contributed by atoms with Crippen molar-refractivity contribution in [1.82, 2.24) is 0 Å². The summed E-state index contributed by atoms with van der Waals surface area (Å²) in [5, 5.41) is 0. The summed E-state index contributed by atoms with van der Waals surface area (Å²) in [6.45, 7) is 4.25. The summed E-state index contributed by atoms with van der Waals surface area (Å²) >= 11 is 0. The van der Waals surface area contributed by atoms with E-state index in [0.29, 0.717) is 5.92 Å². The fraction of sp³-hybridized carbons (Fsp3) is 0.500. The molecule has 0 spiro atoms. The molecule has 0 N–H and O–H groups in total. The lowest BCUT2D eigenvalue weighted by atomic mass is 9.90. The third-order valence-corrected chi connectivity index (χ3v) is 3.35. The molecule has 0 saturated heterocycles. The van der Waals surface area contributed by atoms with E-state index in [2.05, 4.69) is 18.8 Å². The van der Waals surface area contributed by atoms with Crippen LogP contribution in [-0.2, 0) is 10.3 Å². The Morgan fingerprint density at radius 3 is 2.59 bits per heavy atom. The molecule has 90 valence electrons. The quantitative estimate of drug-likeness (QED) is 0.589. The van der Waals surface area contributed by atoms with E-state index in [9.17, 15) is 4.79 Å². The molecular weight excluding hydrogens is 214 g/mol. The number of benzene rings is 1. The number of nitrogens with zero attached hydrogens (tertiary/aromatic N) is 1. The number of hydrogen-bond acceptors (Lipinski definition) is 3. The van der Waals surface area contributed by atoms with Gasteiger partial charge in [0.15, 0.2) is 0 Å². The number of isocyanates is 1. The van der Waals surface area contributed by atoms with E-state index in [1.807, 2.05) is 18.2 Å². The molecular formula is C14H17NO2. The van der Waals surface area contributed by atoms with Crippen LogP contribution in [-0.4, -0.2) is 13.2 Å². The van der Waals surface area contributed by atoms with Crippen LogP contribution < -0.4 is 4.74 Å². The number of hydrogen-bond donors (Lipinski definition) is 0. The van der Waals surface area contributed by atoms with E-state index in [-0.39, 0.29) is 5.54 Å². The van der Waals surface area contributed by atoms with Crippen molar-refractivity contribution in [3.63, 3.8) is 0 Å². The topological polar surface area (TPSA) is 38.7 Å². The summed E-state index contributed by atoms with van der Waals surface area (Å²) in [6.07, 6.45) is 3.56. The van der Waals surface area contributed by atoms with E-state index in [1.165, 1.54) is 0 Å². The normalized spacial score (nSPS) is 16.5. The predicted octanol–water partition coefficient (Wildman–Crippen LogP) is 3.14. The van der Waals surface area contributed by atoms with Gasteiger partial charge in [-0.05, 0) is 30.4 Å². The zero-order valence-electron chi connectivity index (χ0n) is 10.5. The van der Waals surface area contributed by atoms with Gasteiger partial charge < -0.3 is 4.74 Å². The average Bonchev–Trinajstić information content (AvgIpc) is 3.09. The Hall–Kier alpha value is -1.60. The van der Waals surface area contributed by atoms with E-state index >= 15 is 0 Å². The van der Waals surface area contributed by atoms with Gasteiger partial charge in [0.1, 0.15) is 5.75 Å². The minimum absolute atomic E-state index is 0.324. The van der Waals surface area contributed by atoms with Crippen LogP contribution in [0.15, 0.2) is 23.2 Å². The van der Waals surface area contributed by atoms with Crippen molar-refractivity contribution >= 4 is 6.08 Å². The van der Waals surface area contributed by atoms with Gasteiger partial charge in [-0.2, -0.15) is 4.99 Å². The van der Waals surface area contributed by atoms with Crippen LogP contribution in [0, 0.1) is 0 Å². The first-order valence-corrected chi connectivity index (χ1v) is 5.91. The molecule has 2 rings (SSSR count). The molecule has 0 amide bonds. The van der Waals surface area contributed by atoms with Crippen molar-refractivity contribution in [2.45, 2.75) is 38.1 Å². The molecule has 0 aliphatic heterocycles. The Bertz CT molecular complexity index is 469. The Labute approximate surface area is 102 Å². The van der Waals surface area contributed by atoms with Crippen molar-refractivity contribution < 1.29 is 9.53 Å².